The molecule has 3 heteroatoms. The smallest absolute Gasteiger partial charge is 0.304 e. The molecule has 1 aromatic carbocycles. The highest BCUT2D eigenvalue weighted by Crippen LogP contribution is 2.22. The van der Waals surface area contributed by atoms with E-state index in [1.165, 1.54) is 0 Å². The molecule has 0 aliphatic heterocycles. The van der Waals surface area contributed by atoms with Gasteiger partial charge in [0, 0.05) is 6.42 Å². The van der Waals surface area contributed by atoms with E-state index in [0.29, 0.717) is 13.0 Å². The largest absolute Gasteiger partial charge is 0.493 e. The number of rotatable bonds is 6. The minimum atomic E-state index is -0.851. The molecule has 0 saturated carbocycles. The Morgan fingerprint density at radius 3 is 2.50 bits per heavy atom. The van der Waals surface area contributed by atoms with E-state index >= 15 is 0 Å². The van der Waals surface area contributed by atoms with Crippen LogP contribution in [0, 0.1) is 23.7 Å². The molecule has 3 nitrogen and oxygen atoms in total. The van der Waals surface area contributed by atoms with Crippen LogP contribution >= 0.6 is 0 Å². The Balaban J connectivity index is 2.68. The number of hydrogen-bond donors (Lipinski definition) is 1. The van der Waals surface area contributed by atoms with Gasteiger partial charge < -0.3 is 9.84 Å². The molecule has 0 unspecified atom stereocenters. The van der Waals surface area contributed by atoms with Crippen molar-refractivity contribution in [2.75, 3.05) is 6.61 Å². The first-order chi connectivity index (χ1) is 9.67. The minimum Gasteiger partial charge on any atom is -0.493 e. The highest BCUT2D eigenvalue weighted by Gasteiger charge is 2.12. The summed E-state index contributed by atoms with van der Waals surface area (Å²) in [7, 11) is 0. The fourth-order valence-electron chi connectivity index (χ4n) is 1.74. The number of carboxylic acids is 1. The van der Waals surface area contributed by atoms with Crippen molar-refractivity contribution in [2.45, 2.75) is 32.6 Å². The fourth-order valence-corrected chi connectivity index (χ4v) is 1.74. The van der Waals surface area contributed by atoms with Gasteiger partial charge in [-0.15, -0.1) is 17.8 Å². The van der Waals surface area contributed by atoms with Gasteiger partial charge in [0.15, 0.2) is 0 Å². The van der Waals surface area contributed by atoms with Gasteiger partial charge in [-0.3, -0.25) is 4.79 Å². The minimum absolute atomic E-state index is 0.00708. The van der Waals surface area contributed by atoms with E-state index in [4.69, 9.17) is 9.84 Å². The molecule has 1 aromatic rings. The molecule has 0 aliphatic rings. The highest BCUT2D eigenvalue weighted by molar-refractivity contribution is 5.69. The normalized spacial score (nSPS) is 10.5. The van der Waals surface area contributed by atoms with Crippen LogP contribution in [-0.4, -0.2) is 17.7 Å². The van der Waals surface area contributed by atoms with Crippen molar-refractivity contribution in [1.29, 1.82) is 0 Å². The molecular formula is C17H18O3. The molecule has 0 spiro atoms. The van der Waals surface area contributed by atoms with Crippen molar-refractivity contribution in [3.05, 3.63) is 29.8 Å². The average Bonchev–Trinajstić information content (AvgIpc) is 2.43. The van der Waals surface area contributed by atoms with Crippen LogP contribution in [0.25, 0.3) is 0 Å². The number of ether oxygens (including phenoxy) is 1. The third-order valence-electron chi connectivity index (χ3n) is 2.65. The summed E-state index contributed by atoms with van der Waals surface area (Å²) >= 11 is 0. The SMILES string of the molecule is CC#CCCOc1ccc([C@H](C#CC)CC(=O)O)cc1. The van der Waals surface area contributed by atoms with E-state index in [2.05, 4.69) is 23.7 Å². The first-order valence-electron chi connectivity index (χ1n) is 6.43. The summed E-state index contributed by atoms with van der Waals surface area (Å²) in [6, 6.07) is 7.39. The van der Waals surface area contributed by atoms with Crippen LogP contribution in [0.3, 0.4) is 0 Å². The van der Waals surface area contributed by atoms with E-state index in [9.17, 15) is 4.79 Å². The van der Waals surface area contributed by atoms with Gasteiger partial charge in [-0.2, -0.15) is 0 Å². The summed E-state index contributed by atoms with van der Waals surface area (Å²) in [5.41, 5.74) is 0.891. The lowest BCUT2D eigenvalue weighted by Crippen LogP contribution is -2.04. The molecule has 0 saturated heterocycles. The zero-order valence-corrected chi connectivity index (χ0v) is 11.8. The second-order valence-corrected chi connectivity index (χ2v) is 4.14. The van der Waals surface area contributed by atoms with E-state index in [0.717, 1.165) is 11.3 Å². The van der Waals surface area contributed by atoms with Crippen LogP contribution < -0.4 is 4.74 Å². The lowest BCUT2D eigenvalue weighted by molar-refractivity contribution is -0.137. The molecule has 0 heterocycles. The van der Waals surface area contributed by atoms with Crippen molar-refractivity contribution < 1.29 is 14.6 Å². The van der Waals surface area contributed by atoms with Gasteiger partial charge in [0.25, 0.3) is 0 Å². The number of carbonyl (C=O) groups is 1. The number of benzene rings is 1. The molecule has 20 heavy (non-hydrogen) atoms. The number of aliphatic carboxylic acids is 1. The highest BCUT2D eigenvalue weighted by atomic mass is 16.5. The zero-order chi connectivity index (χ0) is 14.8. The molecule has 1 atom stereocenters. The van der Waals surface area contributed by atoms with Gasteiger partial charge in [0.05, 0.1) is 18.9 Å². The Labute approximate surface area is 120 Å². The third-order valence-corrected chi connectivity index (χ3v) is 2.65. The standard InChI is InChI=1S/C17H18O3/c1-3-5-6-12-20-16-10-8-14(9-11-16)15(7-4-2)13-17(18)19/h8-11,15H,6,12-13H2,1-2H3,(H,18,19)/t15-/m1/s1. The third kappa shape index (κ3) is 5.50. The first-order valence-corrected chi connectivity index (χ1v) is 6.43. The summed E-state index contributed by atoms with van der Waals surface area (Å²) in [6.45, 7) is 4.06. The van der Waals surface area contributed by atoms with Crippen molar-refractivity contribution >= 4 is 5.97 Å². The quantitative estimate of drug-likeness (QED) is 0.638. The molecule has 1 N–H and O–H groups in total. The van der Waals surface area contributed by atoms with E-state index < -0.39 is 5.97 Å². The predicted molar refractivity (Wildman–Crippen MR) is 78.4 cm³/mol. The Kier molecular flexibility index (Phi) is 6.79. The Morgan fingerprint density at radius 2 is 1.95 bits per heavy atom. The topological polar surface area (TPSA) is 46.5 Å². The van der Waals surface area contributed by atoms with Gasteiger partial charge in [-0.25, -0.2) is 0 Å². The van der Waals surface area contributed by atoms with Crippen LogP contribution in [0.4, 0.5) is 0 Å². The lowest BCUT2D eigenvalue weighted by atomic mass is 9.96. The van der Waals surface area contributed by atoms with Gasteiger partial charge >= 0.3 is 5.97 Å². The van der Waals surface area contributed by atoms with Crippen LogP contribution in [0.1, 0.15) is 38.2 Å². The lowest BCUT2D eigenvalue weighted by Gasteiger charge is -2.10. The molecule has 0 radical (unpaired) electrons. The molecule has 0 amide bonds. The summed E-state index contributed by atoms with van der Waals surface area (Å²) in [5, 5.41) is 8.89. The molecule has 104 valence electrons. The molecule has 0 bridgehead atoms. The van der Waals surface area contributed by atoms with Crippen molar-refractivity contribution in [3.63, 3.8) is 0 Å². The van der Waals surface area contributed by atoms with Gasteiger partial charge in [0.1, 0.15) is 5.75 Å². The second kappa shape index (κ2) is 8.67. The van der Waals surface area contributed by atoms with Crippen molar-refractivity contribution in [2.24, 2.45) is 0 Å². The zero-order valence-electron chi connectivity index (χ0n) is 11.8. The fraction of sp³-hybridized carbons (Fsp3) is 0.353. The van der Waals surface area contributed by atoms with E-state index in [-0.39, 0.29) is 12.3 Å². The van der Waals surface area contributed by atoms with Gasteiger partial charge in [0.2, 0.25) is 0 Å². The summed E-state index contributed by atoms with van der Waals surface area (Å²) < 4.78 is 5.53. The maximum absolute atomic E-state index is 10.8. The Bertz CT molecular complexity index is 550. The maximum atomic E-state index is 10.8. The number of hydrogen-bond acceptors (Lipinski definition) is 2. The van der Waals surface area contributed by atoms with Gasteiger partial charge in [-0.05, 0) is 31.5 Å². The molecule has 0 aliphatic carbocycles. The first kappa shape index (κ1) is 15.7. The number of carboxylic acid groups (broad SMARTS) is 1. The summed E-state index contributed by atoms with van der Waals surface area (Å²) in [5.74, 6) is 11.1. The molecule has 1 rings (SSSR count). The Morgan fingerprint density at radius 1 is 1.25 bits per heavy atom. The van der Waals surface area contributed by atoms with Crippen LogP contribution in [0.2, 0.25) is 0 Å². The Hall–Kier alpha value is -2.39. The summed E-state index contributed by atoms with van der Waals surface area (Å²) in [4.78, 5) is 10.8. The molecular weight excluding hydrogens is 252 g/mol. The van der Waals surface area contributed by atoms with Gasteiger partial charge in [-0.1, -0.05) is 18.1 Å². The van der Waals surface area contributed by atoms with Crippen molar-refractivity contribution in [3.8, 4) is 29.4 Å². The van der Waals surface area contributed by atoms with Crippen LogP contribution in [-0.2, 0) is 4.79 Å². The molecule has 0 aromatic heterocycles. The van der Waals surface area contributed by atoms with Crippen LogP contribution in [0.15, 0.2) is 24.3 Å². The second-order valence-electron chi connectivity index (χ2n) is 4.14. The van der Waals surface area contributed by atoms with E-state index in [1.807, 2.05) is 24.3 Å². The average molecular weight is 270 g/mol. The summed E-state index contributed by atoms with van der Waals surface area (Å²) in [6.07, 6.45) is 0.703. The van der Waals surface area contributed by atoms with Crippen LogP contribution in [0.5, 0.6) is 5.75 Å². The monoisotopic (exact) mass is 270 g/mol. The van der Waals surface area contributed by atoms with E-state index in [1.54, 1.807) is 13.8 Å². The predicted octanol–water partition coefficient (Wildman–Crippen LogP) is 3.06. The molecule has 0 fully saturated rings. The maximum Gasteiger partial charge on any atom is 0.304 e. The van der Waals surface area contributed by atoms with Crippen molar-refractivity contribution in [1.82, 2.24) is 0 Å².